The minimum Gasteiger partial charge on any atom is -0.344 e. The first-order valence-electron chi connectivity index (χ1n) is 13.7. The molecule has 0 fully saturated rings. The Morgan fingerprint density at radius 1 is 0.881 bits per heavy atom. The maximum Gasteiger partial charge on any atom is 0.289 e. The van der Waals surface area contributed by atoms with Gasteiger partial charge >= 0.3 is 0 Å². The number of pyridine rings is 1. The third-order valence-electron chi connectivity index (χ3n) is 6.67. The van der Waals surface area contributed by atoms with E-state index in [9.17, 15) is 14.4 Å². The second-order valence-electron chi connectivity index (χ2n) is 10.3. The summed E-state index contributed by atoms with van der Waals surface area (Å²) in [5, 5.41) is 7.33. The van der Waals surface area contributed by atoms with E-state index in [-0.39, 0.29) is 23.9 Å². The minimum absolute atomic E-state index is 0.102. The van der Waals surface area contributed by atoms with Crippen LogP contribution < -0.4 is 16.2 Å². The van der Waals surface area contributed by atoms with Gasteiger partial charge in [0.1, 0.15) is 16.7 Å². The highest BCUT2D eigenvalue weighted by Crippen LogP contribution is 2.30. The molecule has 42 heavy (non-hydrogen) atoms. The van der Waals surface area contributed by atoms with Crippen molar-refractivity contribution in [2.24, 2.45) is 5.92 Å². The summed E-state index contributed by atoms with van der Waals surface area (Å²) in [6, 6.07) is 26.4. The van der Waals surface area contributed by atoms with Gasteiger partial charge in [-0.25, -0.2) is 4.98 Å². The van der Waals surface area contributed by atoms with Crippen LogP contribution in [0, 0.1) is 5.92 Å². The molecule has 0 bridgehead atoms. The number of amides is 3. The van der Waals surface area contributed by atoms with Crippen molar-refractivity contribution in [3.63, 3.8) is 0 Å². The highest BCUT2D eigenvalue weighted by molar-refractivity contribution is 7.13. The standard InChI is InChI=1S/C33H31N5O3S/c1-21(2)17-28(35-30(39)19-22-9-7-12-24(18-22)27-15-5-6-16-34-27)31(40)37-38-32(41)29-20-42-33(36-29)26-14-8-11-23-10-3-4-13-25(23)26/h3-16,18,20-21,28H,17,19H2,1-2H3,(H,35,39)(H,37,40)(H,38,41)/t28-/m0/s1. The molecule has 212 valence electrons. The molecule has 0 saturated heterocycles. The molecule has 5 aromatic rings. The molecular formula is C33H31N5O3S. The van der Waals surface area contributed by atoms with E-state index in [1.807, 2.05) is 98.8 Å². The number of carbonyl (C=O) groups excluding carboxylic acids is 3. The number of hydrazine groups is 1. The highest BCUT2D eigenvalue weighted by atomic mass is 32.1. The smallest absolute Gasteiger partial charge is 0.289 e. The molecule has 0 saturated carbocycles. The minimum atomic E-state index is -0.821. The van der Waals surface area contributed by atoms with E-state index in [0.29, 0.717) is 11.4 Å². The fraction of sp³-hybridized carbons (Fsp3) is 0.182. The summed E-state index contributed by atoms with van der Waals surface area (Å²) in [4.78, 5) is 47.7. The third-order valence-corrected chi connectivity index (χ3v) is 7.54. The van der Waals surface area contributed by atoms with Gasteiger partial charge in [0.25, 0.3) is 11.8 Å². The van der Waals surface area contributed by atoms with Crippen molar-refractivity contribution in [1.82, 2.24) is 26.1 Å². The van der Waals surface area contributed by atoms with Crippen LogP contribution in [0.15, 0.2) is 96.5 Å². The average Bonchev–Trinajstić information content (AvgIpc) is 3.50. The van der Waals surface area contributed by atoms with Gasteiger partial charge in [0.2, 0.25) is 5.91 Å². The number of hydrogen-bond acceptors (Lipinski definition) is 6. The third kappa shape index (κ3) is 7.05. The summed E-state index contributed by atoms with van der Waals surface area (Å²) in [5.74, 6) is -1.20. The Morgan fingerprint density at radius 2 is 1.67 bits per heavy atom. The van der Waals surface area contributed by atoms with Crippen LogP contribution in [-0.4, -0.2) is 33.7 Å². The topological polar surface area (TPSA) is 113 Å². The van der Waals surface area contributed by atoms with E-state index >= 15 is 0 Å². The summed E-state index contributed by atoms with van der Waals surface area (Å²) in [7, 11) is 0. The second kappa shape index (κ2) is 13.2. The Bertz CT molecular complexity index is 1710. The molecule has 3 aromatic carbocycles. The number of thiazole rings is 1. The van der Waals surface area contributed by atoms with Gasteiger partial charge in [-0.1, -0.05) is 80.6 Å². The van der Waals surface area contributed by atoms with Crippen LogP contribution in [0.25, 0.3) is 32.6 Å². The molecule has 5 rings (SSSR count). The van der Waals surface area contributed by atoms with E-state index in [1.54, 1.807) is 11.6 Å². The van der Waals surface area contributed by atoms with Gasteiger partial charge in [0.15, 0.2) is 0 Å². The normalized spacial score (nSPS) is 11.7. The first kappa shape index (κ1) is 28.6. The first-order chi connectivity index (χ1) is 20.4. The average molecular weight is 578 g/mol. The van der Waals surface area contributed by atoms with E-state index in [4.69, 9.17) is 0 Å². The lowest BCUT2D eigenvalue weighted by atomic mass is 10.0. The zero-order chi connectivity index (χ0) is 29.5. The van der Waals surface area contributed by atoms with Crippen molar-refractivity contribution in [3.05, 3.63) is 108 Å². The lowest BCUT2D eigenvalue weighted by Gasteiger charge is -2.20. The molecule has 0 aliphatic rings. The number of nitrogens with zero attached hydrogens (tertiary/aromatic N) is 2. The number of benzene rings is 3. The molecule has 8 nitrogen and oxygen atoms in total. The van der Waals surface area contributed by atoms with Gasteiger partial charge in [-0.3, -0.25) is 30.2 Å². The zero-order valence-electron chi connectivity index (χ0n) is 23.3. The summed E-state index contributed by atoms with van der Waals surface area (Å²) >= 11 is 1.36. The maximum atomic E-state index is 13.0. The quantitative estimate of drug-likeness (QED) is 0.199. The van der Waals surface area contributed by atoms with Gasteiger partial charge < -0.3 is 5.32 Å². The number of fused-ring (bicyclic) bond motifs is 1. The Morgan fingerprint density at radius 3 is 2.48 bits per heavy atom. The van der Waals surface area contributed by atoms with Crippen LogP contribution in [0.2, 0.25) is 0 Å². The fourth-order valence-corrected chi connectivity index (χ4v) is 5.53. The number of rotatable bonds is 9. The van der Waals surface area contributed by atoms with Crippen molar-refractivity contribution in [2.75, 3.05) is 0 Å². The van der Waals surface area contributed by atoms with E-state index in [2.05, 4.69) is 26.1 Å². The van der Waals surface area contributed by atoms with Gasteiger partial charge in [-0.05, 0) is 46.9 Å². The molecular weight excluding hydrogens is 546 g/mol. The number of hydrogen-bond donors (Lipinski definition) is 3. The van der Waals surface area contributed by atoms with E-state index < -0.39 is 17.9 Å². The highest BCUT2D eigenvalue weighted by Gasteiger charge is 2.23. The molecule has 3 amide bonds. The van der Waals surface area contributed by atoms with Crippen LogP contribution in [0.1, 0.15) is 36.3 Å². The number of aromatic nitrogens is 2. The van der Waals surface area contributed by atoms with Crippen molar-refractivity contribution in [2.45, 2.75) is 32.7 Å². The molecule has 0 unspecified atom stereocenters. The second-order valence-corrected chi connectivity index (χ2v) is 11.2. The van der Waals surface area contributed by atoms with Crippen LogP contribution in [0.3, 0.4) is 0 Å². The van der Waals surface area contributed by atoms with E-state index in [1.165, 1.54) is 11.3 Å². The Labute approximate surface area is 248 Å². The predicted molar refractivity (Wildman–Crippen MR) is 165 cm³/mol. The summed E-state index contributed by atoms with van der Waals surface area (Å²) in [6.07, 6.45) is 2.23. The Kier molecular flexibility index (Phi) is 8.99. The summed E-state index contributed by atoms with van der Waals surface area (Å²) in [5.41, 5.74) is 8.58. The largest absolute Gasteiger partial charge is 0.344 e. The SMILES string of the molecule is CC(C)C[C@H](NC(=O)Cc1cccc(-c2ccccn2)c1)C(=O)NNC(=O)c1csc(-c2cccc3ccccc23)n1. The van der Waals surface area contributed by atoms with Crippen molar-refractivity contribution in [3.8, 4) is 21.8 Å². The summed E-state index contributed by atoms with van der Waals surface area (Å²) < 4.78 is 0. The lowest BCUT2D eigenvalue weighted by molar-refractivity contribution is -0.129. The fourth-order valence-electron chi connectivity index (χ4n) is 4.69. The molecule has 0 aliphatic carbocycles. The maximum absolute atomic E-state index is 13.0. The molecule has 9 heteroatoms. The molecule has 0 aliphatic heterocycles. The molecule has 2 aromatic heterocycles. The van der Waals surface area contributed by atoms with Gasteiger partial charge in [-0.2, -0.15) is 0 Å². The monoisotopic (exact) mass is 577 g/mol. The van der Waals surface area contributed by atoms with E-state index in [0.717, 1.165) is 33.2 Å². The molecule has 1 atom stereocenters. The van der Waals surface area contributed by atoms with Crippen molar-refractivity contribution in [1.29, 1.82) is 0 Å². The first-order valence-corrected chi connectivity index (χ1v) is 14.6. The molecule has 0 spiro atoms. The van der Waals surface area contributed by atoms with Crippen molar-refractivity contribution < 1.29 is 14.4 Å². The molecule has 0 radical (unpaired) electrons. The lowest BCUT2D eigenvalue weighted by Crippen LogP contribution is -2.53. The van der Waals surface area contributed by atoms with Gasteiger partial charge in [-0.15, -0.1) is 11.3 Å². The van der Waals surface area contributed by atoms with Crippen LogP contribution in [-0.2, 0) is 16.0 Å². The van der Waals surface area contributed by atoms with Crippen LogP contribution in [0.5, 0.6) is 0 Å². The van der Waals surface area contributed by atoms with Crippen molar-refractivity contribution >= 4 is 39.8 Å². The predicted octanol–water partition coefficient (Wildman–Crippen LogP) is 5.56. The van der Waals surface area contributed by atoms with Crippen LogP contribution in [0.4, 0.5) is 0 Å². The van der Waals surface area contributed by atoms with Gasteiger partial charge in [0.05, 0.1) is 12.1 Å². The van der Waals surface area contributed by atoms with Gasteiger partial charge in [0, 0.05) is 22.7 Å². The Hall–Kier alpha value is -4.89. The molecule has 3 N–H and O–H groups in total. The van der Waals surface area contributed by atoms with Crippen LogP contribution >= 0.6 is 11.3 Å². The Balaban J connectivity index is 1.20. The number of carbonyl (C=O) groups is 3. The zero-order valence-corrected chi connectivity index (χ0v) is 24.2. The summed E-state index contributed by atoms with van der Waals surface area (Å²) in [6.45, 7) is 3.93. The number of nitrogens with one attached hydrogen (secondary N) is 3. The molecule has 2 heterocycles.